The van der Waals surface area contributed by atoms with Crippen molar-refractivity contribution in [2.45, 2.75) is 20.0 Å². The van der Waals surface area contributed by atoms with Gasteiger partial charge in [-0.15, -0.1) is 0 Å². The quantitative estimate of drug-likeness (QED) is 0.845. The first kappa shape index (κ1) is 12.9. The fraction of sp³-hybridized carbons (Fsp3) is 0.308. The van der Waals surface area contributed by atoms with E-state index in [1.807, 2.05) is 5.38 Å². The van der Waals surface area contributed by atoms with Crippen LogP contribution >= 0.6 is 11.3 Å². The summed E-state index contributed by atoms with van der Waals surface area (Å²) in [6.45, 7) is 3.14. The van der Waals surface area contributed by atoms with Crippen molar-refractivity contribution in [3.8, 4) is 0 Å². The molecule has 0 saturated carbocycles. The van der Waals surface area contributed by atoms with Crippen LogP contribution in [0.4, 0.5) is 0 Å². The maximum Gasteiger partial charge on any atom is 0.341 e. The minimum Gasteiger partial charge on any atom is -0.465 e. The highest BCUT2D eigenvalue weighted by molar-refractivity contribution is 7.07. The first-order chi connectivity index (χ1) is 8.70. The van der Waals surface area contributed by atoms with Crippen LogP contribution in [-0.2, 0) is 17.8 Å². The van der Waals surface area contributed by atoms with E-state index >= 15 is 0 Å². The third-order valence-corrected chi connectivity index (χ3v) is 3.31. The first-order valence-electron chi connectivity index (χ1n) is 5.60. The second-order valence-corrected chi connectivity index (χ2v) is 4.69. The molecule has 0 spiro atoms. The number of rotatable bonds is 5. The molecule has 5 heteroatoms. The molecule has 2 aromatic rings. The number of ether oxygens (including phenoxy) is 1. The zero-order chi connectivity index (χ0) is 13.0. The zero-order valence-electron chi connectivity index (χ0n) is 10.4. The fourth-order valence-electron chi connectivity index (χ4n) is 1.67. The van der Waals surface area contributed by atoms with E-state index in [4.69, 9.17) is 4.42 Å². The summed E-state index contributed by atoms with van der Waals surface area (Å²) in [4.78, 5) is 11.4. The van der Waals surface area contributed by atoms with Gasteiger partial charge in [0.15, 0.2) is 0 Å². The molecule has 4 nitrogen and oxygen atoms in total. The number of thiophene rings is 1. The minimum atomic E-state index is -0.361. The fourth-order valence-corrected chi connectivity index (χ4v) is 2.34. The second kappa shape index (κ2) is 5.84. The molecule has 2 aromatic heterocycles. The summed E-state index contributed by atoms with van der Waals surface area (Å²) in [5, 5.41) is 7.40. The van der Waals surface area contributed by atoms with Gasteiger partial charge >= 0.3 is 5.97 Å². The standard InChI is InChI=1S/C13H15NO3S/c1-9-12(13(15)16-2)5-11(17-9)7-14-6-10-3-4-18-8-10/h3-5,8,14H,6-7H2,1-2H3. The lowest BCUT2D eigenvalue weighted by Crippen LogP contribution is -2.11. The van der Waals surface area contributed by atoms with Gasteiger partial charge in [0.1, 0.15) is 17.1 Å². The average Bonchev–Trinajstić information content (AvgIpc) is 2.98. The molecule has 2 heterocycles. The summed E-state index contributed by atoms with van der Waals surface area (Å²) in [6.07, 6.45) is 0. The summed E-state index contributed by atoms with van der Waals surface area (Å²) in [7, 11) is 1.36. The number of furan rings is 1. The molecule has 0 aromatic carbocycles. The predicted octanol–water partition coefficient (Wildman–Crippen LogP) is 2.73. The van der Waals surface area contributed by atoms with Gasteiger partial charge in [-0.3, -0.25) is 0 Å². The normalized spacial score (nSPS) is 10.6. The van der Waals surface area contributed by atoms with Crippen molar-refractivity contribution in [1.29, 1.82) is 0 Å². The second-order valence-electron chi connectivity index (χ2n) is 3.91. The maximum absolute atomic E-state index is 11.4. The van der Waals surface area contributed by atoms with E-state index < -0.39 is 0 Å². The molecule has 0 amide bonds. The van der Waals surface area contributed by atoms with Crippen molar-refractivity contribution in [2.24, 2.45) is 0 Å². The molecule has 0 atom stereocenters. The molecule has 0 radical (unpaired) electrons. The number of carbonyl (C=O) groups is 1. The van der Waals surface area contributed by atoms with Crippen molar-refractivity contribution in [3.63, 3.8) is 0 Å². The summed E-state index contributed by atoms with van der Waals surface area (Å²) in [5.74, 6) is 0.970. The molecule has 0 aliphatic heterocycles. The van der Waals surface area contributed by atoms with E-state index in [1.54, 1.807) is 24.3 Å². The SMILES string of the molecule is COC(=O)c1cc(CNCc2ccsc2)oc1C. The van der Waals surface area contributed by atoms with Crippen LogP contribution in [0.15, 0.2) is 27.3 Å². The number of aryl methyl sites for hydroxylation is 1. The zero-order valence-corrected chi connectivity index (χ0v) is 11.2. The van der Waals surface area contributed by atoms with Crippen LogP contribution in [0.25, 0.3) is 0 Å². The molecule has 96 valence electrons. The van der Waals surface area contributed by atoms with Gasteiger partial charge in [-0.25, -0.2) is 4.79 Å². The smallest absolute Gasteiger partial charge is 0.341 e. The Hall–Kier alpha value is -1.59. The summed E-state index contributed by atoms with van der Waals surface area (Å²) in [6, 6.07) is 3.80. The van der Waals surface area contributed by atoms with Crippen LogP contribution in [0.2, 0.25) is 0 Å². The summed E-state index contributed by atoms with van der Waals surface area (Å²) < 4.78 is 10.2. The van der Waals surface area contributed by atoms with Crippen LogP contribution in [0.3, 0.4) is 0 Å². The predicted molar refractivity (Wildman–Crippen MR) is 69.6 cm³/mol. The van der Waals surface area contributed by atoms with E-state index in [2.05, 4.69) is 21.5 Å². The van der Waals surface area contributed by atoms with Gasteiger partial charge in [0.2, 0.25) is 0 Å². The molecular formula is C13H15NO3S. The molecule has 0 fully saturated rings. The maximum atomic E-state index is 11.4. The number of hydrogen-bond donors (Lipinski definition) is 1. The number of carbonyl (C=O) groups excluding carboxylic acids is 1. The first-order valence-corrected chi connectivity index (χ1v) is 6.54. The molecule has 1 N–H and O–H groups in total. The molecular weight excluding hydrogens is 250 g/mol. The van der Waals surface area contributed by atoms with Gasteiger partial charge in [-0.2, -0.15) is 11.3 Å². The van der Waals surface area contributed by atoms with E-state index in [0.29, 0.717) is 17.9 Å². The average molecular weight is 265 g/mol. The molecule has 18 heavy (non-hydrogen) atoms. The highest BCUT2D eigenvalue weighted by Gasteiger charge is 2.14. The Morgan fingerprint density at radius 1 is 1.50 bits per heavy atom. The lowest BCUT2D eigenvalue weighted by atomic mass is 10.2. The van der Waals surface area contributed by atoms with Gasteiger partial charge in [-0.1, -0.05) is 0 Å². The third-order valence-electron chi connectivity index (χ3n) is 2.58. The van der Waals surface area contributed by atoms with Crippen LogP contribution < -0.4 is 5.32 Å². The Balaban J connectivity index is 1.92. The molecule has 0 aliphatic carbocycles. The third kappa shape index (κ3) is 3.00. The Morgan fingerprint density at radius 2 is 2.33 bits per heavy atom. The topological polar surface area (TPSA) is 51.5 Å². The van der Waals surface area contributed by atoms with Gasteiger partial charge in [0.05, 0.1) is 13.7 Å². The van der Waals surface area contributed by atoms with Crippen LogP contribution in [0.1, 0.15) is 27.4 Å². The lowest BCUT2D eigenvalue weighted by Gasteiger charge is -1.99. The van der Waals surface area contributed by atoms with Crippen molar-refractivity contribution >= 4 is 17.3 Å². The monoisotopic (exact) mass is 265 g/mol. The Bertz CT molecular complexity index is 516. The number of esters is 1. The number of nitrogens with one attached hydrogen (secondary N) is 1. The van der Waals surface area contributed by atoms with Crippen molar-refractivity contribution in [1.82, 2.24) is 5.32 Å². The van der Waals surface area contributed by atoms with Gasteiger partial charge in [-0.05, 0) is 35.4 Å². The van der Waals surface area contributed by atoms with E-state index in [-0.39, 0.29) is 5.97 Å². The largest absolute Gasteiger partial charge is 0.465 e. The molecule has 0 saturated heterocycles. The summed E-state index contributed by atoms with van der Waals surface area (Å²) in [5.41, 5.74) is 1.74. The van der Waals surface area contributed by atoms with Crippen LogP contribution in [0.5, 0.6) is 0 Å². The van der Waals surface area contributed by atoms with Crippen molar-refractivity contribution in [2.75, 3.05) is 7.11 Å². The Morgan fingerprint density at radius 3 is 3.00 bits per heavy atom. The minimum absolute atomic E-state index is 0.361. The molecule has 0 bridgehead atoms. The lowest BCUT2D eigenvalue weighted by molar-refractivity contribution is 0.0599. The Kier molecular flexibility index (Phi) is 4.17. The van der Waals surface area contributed by atoms with E-state index in [1.165, 1.54) is 12.7 Å². The highest BCUT2D eigenvalue weighted by atomic mass is 32.1. The van der Waals surface area contributed by atoms with Gasteiger partial charge in [0.25, 0.3) is 0 Å². The van der Waals surface area contributed by atoms with Crippen LogP contribution in [0, 0.1) is 6.92 Å². The highest BCUT2D eigenvalue weighted by Crippen LogP contribution is 2.15. The number of hydrogen-bond acceptors (Lipinski definition) is 5. The Labute approximate surface area is 110 Å². The molecule has 2 rings (SSSR count). The van der Waals surface area contributed by atoms with E-state index in [9.17, 15) is 4.79 Å². The van der Waals surface area contributed by atoms with Crippen molar-refractivity contribution < 1.29 is 13.9 Å². The van der Waals surface area contributed by atoms with Crippen molar-refractivity contribution in [3.05, 3.63) is 45.5 Å². The van der Waals surface area contributed by atoms with E-state index in [0.717, 1.165) is 12.3 Å². The summed E-state index contributed by atoms with van der Waals surface area (Å²) >= 11 is 1.67. The number of methoxy groups -OCH3 is 1. The van der Waals surface area contributed by atoms with Gasteiger partial charge < -0.3 is 14.5 Å². The molecule has 0 unspecified atom stereocenters. The van der Waals surface area contributed by atoms with Gasteiger partial charge in [0, 0.05) is 6.54 Å². The van der Waals surface area contributed by atoms with Crippen LogP contribution in [-0.4, -0.2) is 13.1 Å². The molecule has 0 aliphatic rings.